The van der Waals surface area contributed by atoms with Gasteiger partial charge in [-0.2, -0.15) is 0 Å². The second-order valence-electron chi connectivity index (χ2n) is 15.5. The molecule has 0 N–H and O–H groups in total. The summed E-state index contributed by atoms with van der Waals surface area (Å²) in [5.41, 5.74) is 14.0. The first-order valence-electron chi connectivity index (χ1n) is 20.3. The van der Waals surface area contributed by atoms with Crippen LogP contribution in [-0.2, 0) is 0 Å². The molecule has 0 aliphatic heterocycles. The summed E-state index contributed by atoms with van der Waals surface area (Å²) in [4.78, 5) is 0. The molecule has 274 valence electrons. The van der Waals surface area contributed by atoms with Crippen molar-refractivity contribution in [3.05, 3.63) is 218 Å². The fourth-order valence-electron chi connectivity index (χ4n) is 9.64. The lowest BCUT2D eigenvalue weighted by Crippen LogP contribution is -1.95. The van der Waals surface area contributed by atoms with Crippen LogP contribution in [0.15, 0.2) is 223 Å². The molecule has 0 saturated heterocycles. The standard InChI is InChI=1S/C58H36O/c1-3-16-37(17-4-1)43-27-14-28-44(38-18-5-2-6-19-38)57(43)58-51-24-11-9-22-49(51)56(50-23-10-12-25-52(50)58)48-31-15-29-45-42(26-13-30-46(45)48)41-32-33-47-53-34-39-20-7-8-21-40(39)35-55(53)59-54(47)36-41/h1-36H. The van der Waals surface area contributed by atoms with Crippen molar-refractivity contribution >= 4 is 65.0 Å². The quantitative estimate of drug-likeness (QED) is 0.160. The highest BCUT2D eigenvalue weighted by Gasteiger charge is 2.23. The maximum absolute atomic E-state index is 6.55. The predicted octanol–water partition coefficient (Wildman–Crippen LogP) is 16.5. The molecule has 12 aromatic rings. The van der Waals surface area contributed by atoms with Crippen molar-refractivity contribution in [3.8, 4) is 55.6 Å². The fraction of sp³-hybridized carbons (Fsp3) is 0. The van der Waals surface area contributed by atoms with Crippen LogP contribution in [0.1, 0.15) is 0 Å². The molecule has 11 aromatic carbocycles. The smallest absolute Gasteiger partial charge is 0.136 e. The van der Waals surface area contributed by atoms with E-state index in [0.717, 1.165) is 27.5 Å². The molecule has 0 aliphatic carbocycles. The van der Waals surface area contributed by atoms with Crippen LogP contribution in [0, 0.1) is 0 Å². The van der Waals surface area contributed by atoms with Crippen LogP contribution in [-0.4, -0.2) is 0 Å². The van der Waals surface area contributed by atoms with Crippen LogP contribution < -0.4 is 0 Å². The highest BCUT2D eigenvalue weighted by molar-refractivity contribution is 6.26. The summed E-state index contributed by atoms with van der Waals surface area (Å²) in [6.07, 6.45) is 0. The largest absolute Gasteiger partial charge is 0.456 e. The molecule has 12 rings (SSSR count). The molecule has 0 spiro atoms. The summed E-state index contributed by atoms with van der Waals surface area (Å²) in [5.74, 6) is 0. The normalized spacial score (nSPS) is 11.7. The molecule has 1 nitrogen and oxygen atoms in total. The lowest BCUT2D eigenvalue weighted by Gasteiger charge is -2.23. The number of hydrogen-bond donors (Lipinski definition) is 0. The molecule has 0 fully saturated rings. The van der Waals surface area contributed by atoms with E-state index in [2.05, 4.69) is 218 Å². The molecular weight excluding hydrogens is 713 g/mol. The monoisotopic (exact) mass is 748 g/mol. The number of fused-ring (bicyclic) bond motifs is 7. The zero-order valence-electron chi connectivity index (χ0n) is 32.2. The molecule has 0 radical (unpaired) electrons. The first kappa shape index (κ1) is 33.4. The average molecular weight is 749 g/mol. The molecule has 0 bridgehead atoms. The van der Waals surface area contributed by atoms with Gasteiger partial charge in [-0.3, -0.25) is 0 Å². The van der Waals surface area contributed by atoms with Gasteiger partial charge in [0, 0.05) is 10.8 Å². The molecule has 0 aliphatic rings. The van der Waals surface area contributed by atoms with Crippen LogP contribution in [0.5, 0.6) is 0 Å². The zero-order chi connectivity index (χ0) is 38.9. The van der Waals surface area contributed by atoms with E-state index in [4.69, 9.17) is 4.42 Å². The summed E-state index contributed by atoms with van der Waals surface area (Å²) >= 11 is 0. The number of benzene rings is 11. The Morgan fingerprint density at radius 1 is 0.220 bits per heavy atom. The zero-order valence-corrected chi connectivity index (χ0v) is 32.2. The van der Waals surface area contributed by atoms with Crippen molar-refractivity contribution in [2.75, 3.05) is 0 Å². The maximum atomic E-state index is 6.55. The van der Waals surface area contributed by atoms with E-state index in [1.165, 1.54) is 93.2 Å². The SMILES string of the molecule is c1ccc(-c2cccc(-c3ccccc3)c2-c2c3ccccc3c(-c3cccc4c(-c5ccc6c(c5)oc5cc7ccccc7cc56)cccc34)c3ccccc23)cc1. The summed E-state index contributed by atoms with van der Waals surface area (Å²) in [7, 11) is 0. The Labute approximate surface area is 342 Å². The topological polar surface area (TPSA) is 13.1 Å². The molecule has 59 heavy (non-hydrogen) atoms. The van der Waals surface area contributed by atoms with Crippen molar-refractivity contribution in [3.63, 3.8) is 0 Å². The van der Waals surface area contributed by atoms with Gasteiger partial charge in [-0.05, 0) is 123 Å². The van der Waals surface area contributed by atoms with Crippen molar-refractivity contribution in [2.45, 2.75) is 0 Å². The molecule has 0 unspecified atom stereocenters. The third kappa shape index (κ3) is 5.33. The highest BCUT2D eigenvalue weighted by atomic mass is 16.3. The van der Waals surface area contributed by atoms with Crippen LogP contribution >= 0.6 is 0 Å². The van der Waals surface area contributed by atoms with E-state index < -0.39 is 0 Å². The van der Waals surface area contributed by atoms with E-state index in [0.29, 0.717) is 0 Å². The van der Waals surface area contributed by atoms with Gasteiger partial charge in [-0.1, -0.05) is 194 Å². The number of hydrogen-bond acceptors (Lipinski definition) is 1. The Bertz CT molecular complexity index is 3480. The second-order valence-corrected chi connectivity index (χ2v) is 15.5. The summed E-state index contributed by atoms with van der Waals surface area (Å²) < 4.78 is 6.55. The van der Waals surface area contributed by atoms with Gasteiger partial charge < -0.3 is 4.42 Å². The predicted molar refractivity (Wildman–Crippen MR) is 251 cm³/mol. The van der Waals surface area contributed by atoms with Crippen LogP contribution in [0.3, 0.4) is 0 Å². The molecule has 1 aromatic heterocycles. The Morgan fingerprint density at radius 2 is 0.678 bits per heavy atom. The minimum atomic E-state index is 0.902. The lowest BCUT2D eigenvalue weighted by molar-refractivity contribution is 0.669. The Morgan fingerprint density at radius 3 is 1.31 bits per heavy atom. The highest BCUT2D eigenvalue weighted by Crippen LogP contribution is 2.50. The van der Waals surface area contributed by atoms with Crippen molar-refractivity contribution in [2.24, 2.45) is 0 Å². The van der Waals surface area contributed by atoms with Crippen LogP contribution in [0.25, 0.3) is 121 Å². The minimum absolute atomic E-state index is 0.902. The van der Waals surface area contributed by atoms with Gasteiger partial charge in [0.25, 0.3) is 0 Å². The average Bonchev–Trinajstić information content (AvgIpc) is 3.66. The van der Waals surface area contributed by atoms with Gasteiger partial charge in [0.15, 0.2) is 0 Å². The van der Waals surface area contributed by atoms with Crippen molar-refractivity contribution in [1.82, 2.24) is 0 Å². The summed E-state index contributed by atoms with van der Waals surface area (Å²) in [6, 6.07) is 79.6. The van der Waals surface area contributed by atoms with E-state index in [1.807, 2.05) is 0 Å². The van der Waals surface area contributed by atoms with Gasteiger partial charge in [0.2, 0.25) is 0 Å². The van der Waals surface area contributed by atoms with E-state index >= 15 is 0 Å². The first-order valence-corrected chi connectivity index (χ1v) is 20.3. The maximum Gasteiger partial charge on any atom is 0.136 e. The molecule has 1 heteroatoms. The summed E-state index contributed by atoms with van der Waals surface area (Å²) in [5, 5.41) is 12.1. The minimum Gasteiger partial charge on any atom is -0.456 e. The van der Waals surface area contributed by atoms with Crippen molar-refractivity contribution < 1.29 is 4.42 Å². The van der Waals surface area contributed by atoms with Crippen molar-refractivity contribution in [1.29, 1.82) is 0 Å². The number of rotatable bonds is 5. The number of furan rings is 1. The Balaban J connectivity index is 1.11. The summed E-state index contributed by atoms with van der Waals surface area (Å²) in [6.45, 7) is 0. The Hall–Kier alpha value is -7.74. The molecule has 0 atom stereocenters. The van der Waals surface area contributed by atoms with Crippen LogP contribution in [0.2, 0.25) is 0 Å². The fourth-order valence-corrected chi connectivity index (χ4v) is 9.64. The van der Waals surface area contributed by atoms with Crippen LogP contribution in [0.4, 0.5) is 0 Å². The van der Waals surface area contributed by atoms with Gasteiger partial charge in [-0.25, -0.2) is 0 Å². The lowest BCUT2D eigenvalue weighted by atomic mass is 9.80. The molecular formula is C58H36O. The Kier molecular flexibility index (Phi) is 7.61. The van der Waals surface area contributed by atoms with Gasteiger partial charge >= 0.3 is 0 Å². The van der Waals surface area contributed by atoms with E-state index in [-0.39, 0.29) is 0 Å². The van der Waals surface area contributed by atoms with Gasteiger partial charge in [-0.15, -0.1) is 0 Å². The van der Waals surface area contributed by atoms with Gasteiger partial charge in [0.05, 0.1) is 0 Å². The van der Waals surface area contributed by atoms with E-state index in [1.54, 1.807) is 0 Å². The molecule has 0 amide bonds. The second kappa shape index (κ2) is 13.4. The molecule has 0 saturated carbocycles. The third-order valence-electron chi connectivity index (χ3n) is 12.3. The van der Waals surface area contributed by atoms with E-state index in [9.17, 15) is 0 Å². The van der Waals surface area contributed by atoms with Gasteiger partial charge in [0.1, 0.15) is 11.2 Å². The first-order chi connectivity index (χ1) is 29.3. The third-order valence-corrected chi connectivity index (χ3v) is 12.3. The molecule has 1 heterocycles.